The fraction of sp³-hybridized carbons (Fsp3) is 0.235. The van der Waals surface area contributed by atoms with Gasteiger partial charge >= 0.3 is 5.97 Å². The molecule has 2 aromatic rings. The van der Waals surface area contributed by atoms with Gasteiger partial charge in [0.2, 0.25) is 0 Å². The van der Waals surface area contributed by atoms with Crippen molar-refractivity contribution < 1.29 is 18.3 Å². The van der Waals surface area contributed by atoms with Crippen LogP contribution < -0.4 is 4.72 Å². The van der Waals surface area contributed by atoms with Crippen LogP contribution in [-0.4, -0.2) is 19.5 Å². The Bertz CT molecular complexity index is 886. The van der Waals surface area contributed by atoms with E-state index in [4.69, 9.17) is 0 Å². The maximum Gasteiger partial charge on any atom is 0.335 e. The second-order valence-electron chi connectivity index (χ2n) is 5.66. The molecule has 0 unspecified atom stereocenters. The molecule has 0 bridgehead atoms. The third-order valence-electron chi connectivity index (χ3n) is 3.67. The van der Waals surface area contributed by atoms with E-state index < -0.39 is 16.0 Å². The Hall–Kier alpha value is -2.34. The summed E-state index contributed by atoms with van der Waals surface area (Å²) in [5.41, 5.74) is 3.33. The standard InChI is InChI=1S/C17H19NO4S/c1-10-5-6-15(12(3)7-10)18-23(21,22)16-9-14(17(19)20)11(2)8-13(16)4/h5-9,18H,1-4H3,(H,19,20). The second-order valence-corrected chi connectivity index (χ2v) is 7.31. The molecule has 0 radical (unpaired) electrons. The van der Waals surface area contributed by atoms with E-state index in [-0.39, 0.29) is 10.5 Å². The molecular weight excluding hydrogens is 314 g/mol. The molecule has 23 heavy (non-hydrogen) atoms. The van der Waals surface area contributed by atoms with E-state index in [0.717, 1.165) is 11.1 Å². The Morgan fingerprint density at radius 2 is 1.61 bits per heavy atom. The Kier molecular flexibility index (Phi) is 4.47. The first-order valence-corrected chi connectivity index (χ1v) is 8.55. The fourth-order valence-corrected chi connectivity index (χ4v) is 3.86. The van der Waals surface area contributed by atoms with Crippen molar-refractivity contribution in [2.24, 2.45) is 0 Å². The number of benzene rings is 2. The lowest BCUT2D eigenvalue weighted by atomic mass is 10.1. The fourth-order valence-electron chi connectivity index (χ4n) is 2.48. The highest BCUT2D eigenvalue weighted by Gasteiger charge is 2.21. The van der Waals surface area contributed by atoms with Crippen molar-refractivity contribution in [2.75, 3.05) is 4.72 Å². The quantitative estimate of drug-likeness (QED) is 0.898. The molecule has 6 heteroatoms. The number of anilines is 1. The van der Waals surface area contributed by atoms with Gasteiger partial charge in [0.05, 0.1) is 16.1 Å². The minimum Gasteiger partial charge on any atom is -0.478 e. The lowest BCUT2D eigenvalue weighted by Crippen LogP contribution is -2.16. The summed E-state index contributed by atoms with van der Waals surface area (Å²) < 4.78 is 27.8. The van der Waals surface area contributed by atoms with Crippen LogP contribution in [0.5, 0.6) is 0 Å². The Balaban J connectivity index is 2.51. The zero-order valence-electron chi connectivity index (χ0n) is 13.5. The van der Waals surface area contributed by atoms with Gasteiger partial charge in [-0.05, 0) is 56.5 Å². The highest BCUT2D eigenvalue weighted by Crippen LogP contribution is 2.25. The predicted molar refractivity (Wildman–Crippen MR) is 89.6 cm³/mol. The molecule has 122 valence electrons. The van der Waals surface area contributed by atoms with Crippen LogP contribution in [0.15, 0.2) is 35.2 Å². The van der Waals surface area contributed by atoms with Crippen molar-refractivity contribution in [3.05, 3.63) is 58.1 Å². The van der Waals surface area contributed by atoms with Crippen molar-refractivity contribution in [3.8, 4) is 0 Å². The molecule has 0 aliphatic heterocycles. The van der Waals surface area contributed by atoms with Crippen LogP contribution in [0.4, 0.5) is 5.69 Å². The summed E-state index contributed by atoms with van der Waals surface area (Å²) in [5, 5.41) is 9.20. The van der Waals surface area contributed by atoms with Gasteiger partial charge in [-0.3, -0.25) is 4.72 Å². The Morgan fingerprint density at radius 3 is 2.17 bits per heavy atom. The van der Waals surface area contributed by atoms with Crippen molar-refractivity contribution in [1.82, 2.24) is 0 Å². The Labute approximate surface area is 136 Å². The summed E-state index contributed by atoms with van der Waals surface area (Å²) in [6.07, 6.45) is 0. The molecule has 0 atom stereocenters. The molecule has 2 N–H and O–H groups in total. The normalized spacial score (nSPS) is 11.3. The number of aromatic carboxylic acids is 1. The van der Waals surface area contributed by atoms with Crippen molar-refractivity contribution in [2.45, 2.75) is 32.6 Å². The summed E-state index contributed by atoms with van der Waals surface area (Å²) in [7, 11) is -3.87. The molecule has 0 saturated carbocycles. The van der Waals surface area contributed by atoms with Gasteiger partial charge < -0.3 is 5.11 Å². The SMILES string of the molecule is Cc1ccc(NS(=O)(=O)c2cc(C(=O)O)c(C)cc2C)c(C)c1. The second kappa shape index (κ2) is 6.04. The Morgan fingerprint density at radius 1 is 0.957 bits per heavy atom. The average Bonchev–Trinajstić information content (AvgIpc) is 2.41. The number of nitrogens with one attached hydrogen (secondary N) is 1. The van der Waals surface area contributed by atoms with E-state index in [2.05, 4.69) is 4.72 Å². The molecule has 0 amide bonds. The number of carboxylic acids is 1. The maximum absolute atomic E-state index is 12.6. The molecule has 0 saturated heterocycles. The monoisotopic (exact) mass is 333 g/mol. The molecule has 2 rings (SSSR count). The lowest BCUT2D eigenvalue weighted by molar-refractivity contribution is 0.0696. The lowest BCUT2D eigenvalue weighted by Gasteiger charge is -2.14. The first-order chi connectivity index (χ1) is 10.6. The van der Waals surface area contributed by atoms with E-state index in [1.807, 2.05) is 26.0 Å². The van der Waals surface area contributed by atoms with E-state index in [1.54, 1.807) is 26.0 Å². The number of hydrogen-bond donors (Lipinski definition) is 2. The van der Waals surface area contributed by atoms with Crippen LogP contribution in [-0.2, 0) is 10.0 Å². The summed E-state index contributed by atoms with van der Waals surface area (Å²) in [6, 6.07) is 8.17. The van der Waals surface area contributed by atoms with E-state index in [0.29, 0.717) is 16.8 Å². The maximum atomic E-state index is 12.6. The number of carbonyl (C=O) groups is 1. The van der Waals surface area contributed by atoms with Crippen LogP contribution >= 0.6 is 0 Å². The highest BCUT2D eigenvalue weighted by atomic mass is 32.2. The smallest absolute Gasteiger partial charge is 0.335 e. The summed E-state index contributed by atoms with van der Waals surface area (Å²) in [4.78, 5) is 11.2. The zero-order chi connectivity index (χ0) is 17.4. The van der Waals surface area contributed by atoms with Crippen molar-refractivity contribution in [1.29, 1.82) is 0 Å². The molecule has 0 aliphatic rings. The number of aryl methyl sites for hydroxylation is 4. The van der Waals surface area contributed by atoms with Gasteiger partial charge in [0.25, 0.3) is 10.0 Å². The molecule has 0 fully saturated rings. The highest BCUT2D eigenvalue weighted by molar-refractivity contribution is 7.92. The van der Waals surface area contributed by atoms with Crippen LogP contribution in [0.3, 0.4) is 0 Å². The predicted octanol–water partition coefficient (Wildman–Crippen LogP) is 3.42. The van der Waals surface area contributed by atoms with Gasteiger partial charge in [0.15, 0.2) is 0 Å². The van der Waals surface area contributed by atoms with E-state index >= 15 is 0 Å². The van der Waals surface area contributed by atoms with Gasteiger partial charge in [-0.25, -0.2) is 13.2 Å². The number of sulfonamides is 1. The summed E-state index contributed by atoms with van der Waals surface area (Å²) in [5.74, 6) is -1.15. The van der Waals surface area contributed by atoms with Gasteiger partial charge in [-0.2, -0.15) is 0 Å². The van der Waals surface area contributed by atoms with Crippen LogP contribution in [0, 0.1) is 27.7 Å². The number of rotatable bonds is 4. The number of carboxylic acid groups (broad SMARTS) is 1. The van der Waals surface area contributed by atoms with Crippen LogP contribution in [0.2, 0.25) is 0 Å². The number of hydrogen-bond acceptors (Lipinski definition) is 3. The zero-order valence-corrected chi connectivity index (χ0v) is 14.3. The molecule has 0 heterocycles. The molecule has 0 aromatic heterocycles. The minimum absolute atomic E-state index is 0.0170. The van der Waals surface area contributed by atoms with E-state index in [9.17, 15) is 18.3 Å². The minimum atomic E-state index is -3.87. The van der Waals surface area contributed by atoms with Crippen LogP contribution in [0.1, 0.15) is 32.6 Å². The van der Waals surface area contributed by atoms with Crippen molar-refractivity contribution >= 4 is 21.7 Å². The molecule has 0 aliphatic carbocycles. The van der Waals surface area contributed by atoms with Crippen molar-refractivity contribution in [3.63, 3.8) is 0 Å². The van der Waals surface area contributed by atoms with Gasteiger partial charge in [-0.1, -0.05) is 23.8 Å². The topological polar surface area (TPSA) is 83.5 Å². The molecule has 0 spiro atoms. The largest absolute Gasteiger partial charge is 0.478 e. The average molecular weight is 333 g/mol. The van der Waals surface area contributed by atoms with E-state index in [1.165, 1.54) is 6.07 Å². The summed E-state index contributed by atoms with van der Waals surface area (Å²) in [6.45, 7) is 7.03. The summed E-state index contributed by atoms with van der Waals surface area (Å²) >= 11 is 0. The third kappa shape index (κ3) is 3.53. The van der Waals surface area contributed by atoms with Crippen LogP contribution in [0.25, 0.3) is 0 Å². The van der Waals surface area contributed by atoms with Gasteiger partial charge in [0, 0.05) is 0 Å². The third-order valence-corrected chi connectivity index (χ3v) is 5.18. The molecule has 5 nitrogen and oxygen atoms in total. The van der Waals surface area contributed by atoms with Gasteiger partial charge in [-0.15, -0.1) is 0 Å². The first-order valence-electron chi connectivity index (χ1n) is 7.06. The molecular formula is C17H19NO4S. The molecule has 2 aromatic carbocycles. The van der Waals surface area contributed by atoms with Gasteiger partial charge in [0.1, 0.15) is 0 Å². The first kappa shape index (κ1) is 17.0.